The quantitative estimate of drug-likeness (QED) is 0.572. The number of carboxylic acid groups (broad SMARTS) is 1. The number of para-hydroxylation sites is 1. The molecule has 8 nitrogen and oxygen atoms in total. The first kappa shape index (κ1) is 24.2. The van der Waals surface area contributed by atoms with Gasteiger partial charge < -0.3 is 20.1 Å². The van der Waals surface area contributed by atoms with E-state index in [9.17, 15) is 14.7 Å². The fraction of sp³-hybridized carbons (Fsp3) is 0.320. The van der Waals surface area contributed by atoms with Gasteiger partial charge in [0, 0.05) is 32.1 Å². The van der Waals surface area contributed by atoms with Crippen LogP contribution in [0.1, 0.15) is 19.4 Å². The average Bonchev–Trinajstić information content (AvgIpc) is 3.09. The molecule has 0 saturated heterocycles. The molecule has 0 spiro atoms. The number of amides is 1. The molecular weight excluding hydrogens is 420 g/mol. The van der Waals surface area contributed by atoms with Crippen molar-refractivity contribution < 1.29 is 19.4 Å². The van der Waals surface area contributed by atoms with Crippen molar-refractivity contribution in [3.05, 3.63) is 77.7 Å². The first-order chi connectivity index (χ1) is 15.8. The van der Waals surface area contributed by atoms with Crippen LogP contribution in [0.4, 0.5) is 5.69 Å². The van der Waals surface area contributed by atoms with Crippen molar-refractivity contribution in [1.29, 1.82) is 0 Å². The molecule has 0 aromatic heterocycles. The molecule has 1 amide bonds. The first-order valence-electron chi connectivity index (χ1n) is 10.9. The van der Waals surface area contributed by atoms with Gasteiger partial charge in [-0.05, 0) is 5.56 Å². The third kappa shape index (κ3) is 5.30. The zero-order chi connectivity index (χ0) is 24.0. The van der Waals surface area contributed by atoms with Crippen LogP contribution in [-0.4, -0.2) is 55.1 Å². The van der Waals surface area contributed by atoms with Gasteiger partial charge in [-0.25, -0.2) is 4.79 Å². The molecule has 3 rings (SSSR count). The monoisotopic (exact) mass is 451 g/mol. The van der Waals surface area contributed by atoms with Crippen molar-refractivity contribution in [3.63, 3.8) is 0 Å². The highest BCUT2D eigenvalue weighted by Crippen LogP contribution is 2.38. The van der Waals surface area contributed by atoms with Gasteiger partial charge in [-0.3, -0.25) is 4.79 Å². The maximum absolute atomic E-state index is 12.7. The number of hydrogen-bond acceptors (Lipinski definition) is 5. The van der Waals surface area contributed by atoms with Crippen LogP contribution in [0.15, 0.2) is 77.2 Å². The molecule has 0 saturated carbocycles. The number of quaternary nitrogens is 1. The van der Waals surface area contributed by atoms with E-state index >= 15 is 0 Å². The SMILES string of the molecule is CC(C)C[N+]1(c2ccccc2)C(N(C)C)=NC(NC(=O)COCc2ccccc2)=C1C(=O)O. The van der Waals surface area contributed by atoms with Crippen molar-refractivity contribution in [2.24, 2.45) is 10.9 Å². The molecule has 2 aromatic carbocycles. The summed E-state index contributed by atoms with van der Waals surface area (Å²) >= 11 is 0. The molecule has 0 bridgehead atoms. The molecular formula is C25H31N4O4+. The topological polar surface area (TPSA) is 91.2 Å². The summed E-state index contributed by atoms with van der Waals surface area (Å²) in [6.45, 7) is 4.59. The summed E-state index contributed by atoms with van der Waals surface area (Å²) in [5.74, 6) is -0.898. The number of benzene rings is 2. The predicted octanol–water partition coefficient (Wildman–Crippen LogP) is 3.17. The lowest BCUT2D eigenvalue weighted by Gasteiger charge is -2.37. The Morgan fingerprint density at radius 1 is 1.06 bits per heavy atom. The standard InChI is InChI=1S/C25H30N4O4/c1-18(2)15-29(20-13-9-6-10-14-20)22(24(31)32)23(27-25(29)28(3)4)26-21(30)17-33-16-19-11-7-5-8-12-19/h5-14,18H,15-17H2,1-4H3,(H-,26,30,31,32)/p+1. The number of nitrogens with one attached hydrogen (secondary N) is 1. The van der Waals surface area contributed by atoms with Gasteiger partial charge in [0.05, 0.1) is 13.2 Å². The molecule has 1 aliphatic heterocycles. The highest BCUT2D eigenvalue weighted by atomic mass is 16.5. The molecule has 0 radical (unpaired) electrons. The van der Waals surface area contributed by atoms with E-state index in [0.29, 0.717) is 12.5 Å². The Kier molecular flexibility index (Phi) is 7.63. The average molecular weight is 452 g/mol. The molecule has 2 N–H and O–H groups in total. The number of carbonyl (C=O) groups excluding carboxylic acids is 1. The third-order valence-corrected chi connectivity index (χ3v) is 5.20. The van der Waals surface area contributed by atoms with Crippen molar-refractivity contribution in [2.75, 3.05) is 27.2 Å². The number of aliphatic carboxylic acids is 1. The fourth-order valence-electron chi connectivity index (χ4n) is 4.07. The summed E-state index contributed by atoms with van der Waals surface area (Å²) in [7, 11) is 3.64. The molecule has 1 unspecified atom stereocenters. The lowest BCUT2D eigenvalue weighted by Crippen LogP contribution is -2.59. The zero-order valence-corrected chi connectivity index (χ0v) is 19.5. The summed E-state index contributed by atoms with van der Waals surface area (Å²) in [5, 5.41) is 13.0. The van der Waals surface area contributed by atoms with Crippen LogP contribution in [0.3, 0.4) is 0 Å². The largest absolute Gasteiger partial charge is 0.474 e. The summed E-state index contributed by atoms with van der Waals surface area (Å²) in [6, 6.07) is 18.9. The Balaban J connectivity index is 1.94. The molecule has 8 heteroatoms. The lowest BCUT2D eigenvalue weighted by molar-refractivity contribution is -0.134. The van der Waals surface area contributed by atoms with Crippen LogP contribution in [0.2, 0.25) is 0 Å². The number of guanidine groups is 1. The van der Waals surface area contributed by atoms with Gasteiger partial charge in [-0.15, -0.1) is 0 Å². The van der Waals surface area contributed by atoms with Gasteiger partial charge in [0.2, 0.25) is 5.82 Å². The van der Waals surface area contributed by atoms with Gasteiger partial charge in [0.1, 0.15) is 12.3 Å². The Morgan fingerprint density at radius 2 is 1.67 bits per heavy atom. The first-order valence-corrected chi connectivity index (χ1v) is 10.9. The smallest absolute Gasteiger partial charge is 0.395 e. The fourth-order valence-corrected chi connectivity index (χ4v) is 4.07. The second-order valence-electron chi connectivity index (χ2n) is 8.56. The van der Waals surface area contributed by atoms with E-state index in [0.717, 1.165) is 11.3 Å². The van der Waals surface area contributed by atoms with Gasteiger partial charge in [0.15, 0.2) is 0 Å². The molecule has 0 fully saturated rings. The Morgan fingerprint density at radius 3 is 2.21 bits per heavy atom. The number of carboxylic acids is 1. The van der Waals surface area contributed by atoms with Crippen LogP contribution in [0.25, 0.3) is 0 Å². The Labute approximate surface area is 194 Å². The summed E-state index contributed by atoms with van der Waals surface area (Å²) < 4.78 is 5.42. The van der Waals surface area contributed by atoms with Gasteiger partial charge in [-0.2, -0.15) is 9.48 Å². The van der Waals surface area contributed by atoms with E-state index in [1.54, 1.807) is 4.90 Å². The molecule has 1 aliphatic rings. The van der Waals surface area contributed by atoms with Gasteiger partial charge >= 0.3 is 11.9 Å². The molecule has 2 aromatic rings. The van der Waals surface area contributed by atoms with Crippen LogP contribution in [0.5, 0.6) is 0 Å². The van der Waals surface area contributed by atoms with E-state index in [4.69, 9.17) is 4.74 Å². The minimum atomic E-state index is -1.14. The highest BCUT2D eigenvalue weighted by molar-refractivity contribution is 6.07. The van der Waals surface area contributed by atoms with Crippen LogP contribution in [-0.2, 0) is 20.9 Å². The summed E-state index contributed by atoms with van der Waals surface area (Å²) in [6.07, 6.45) is 0. The van der Waals surface area contributed by atoms with Gasteiger partial charge in [-0.1, -0.05) is 62.4 Å². The zero-order valence-electron chi connectivity index (χ0n) is 19.5. The second-order valence-corrected chi connectivity index (χ2v) is 8.56. The minimum absolute atomic E-state index is 0.00927. The van der Waals surface area contributed by atoms with E-state index < -0.39 is 11.9 Å². The number of rotatable bonds is 9. The highest BCUT2D eigenvalue weighted by Gasteiger charge is 2.53. The third-order valence-electron chi connectivity index (χ3n) is 5.20. The van der Waals surface area contributed by atoms with E-state index in [-0.39, 0.29) is 35.1 Å². The maximum Gasteiger partial charge on any atom is 0.395 e. The number of carbonyl (C=O) groups is 2. The van der Waals surface area contributed by atoms with Gasteiger partial charge in [0.25, 0.3) is 11.6 Å². The van der Waals surface area contributed by atoms with E-state index in [1.165, 1.54) is 0 Å². The Hall–Kier alpha value is -3.49. The molecule has 1 atom stereocenters. The lowest BCUT2D eigenvalue weighted by atomic mass is 10.1. The number of nitrogens with zero attached hydrogens (tertiary/aromatic N) is 3. The van der Waals surface area contributed by atoms with Crippen molar-refractivity contribution in [3.8, 4) is 0 Å². The summed E-state index contributed by atoms with van der Waals surface area (Å²) in [4.78, 5) is 31.6. The van der Waals surface area contributed by atoms with Crippen LogP contribution < -0.4 is 9.80 Å². The Bertz CT molecular complexity index is 1050. The predicted molar refractivity (Wildman–Crippen MR) is 128 cm³/mol. The maximum atomic E-state index is 12.7. The molecule has 0 aliphatic carbocycles. The van der Waals surface area contributed by atoms with Crippen molar-refractivity contribution in [2.45, 2.75) is 20.5 Å². The number of hydrogen-bond donors (Lipinski definition) is 2. The molecule has 174 valence electrons. The minimum Gasteiger partial charge on any atom is -0.474 e. The number of ether oxygens (including phenoxy) is 1. The molecule has 1 heterocycles. The molecule has 33 heavy (non-hydrogen) atoms. The van der Waals surface area contributed by atoms with E-state index in [2.05, 4.69) is 10.3 Å². The second kappa shape index (κ2) is 10.4. The number of aliphatic imine (C=N–C) groups is 1. The van der Waals surface area contributed by atoms with Crippen LogP contribution in [0, 0.1) is 5.92 Å². The van der Waals surface area contributed by atoms with Crippen molar-refractivity contribution in [1.82, 2.24) is 14.7 Å². The normalized spacial score (nSPS) is 17.8. The van der Waals surface area contributed by atoms with Crippen molar-refractivity contribution >= 4 is 23.5 Å². The summed E-state index contributed by atoms with van der Waals surface area (Å²) in [5.41, 5.74) is 1.72. The van der Waals surface area contributed by atoms with Crippen LogP contribution >= 0.6 is 0 Å². The van der Waals surface area contributed by atoms with E-state index in [1.807, 2.05) is 88.6 Å².